The van der Waals surface area contributed by atoms with Crippen LogP contribution in [-0.4, -0.2) is 16.5 Å². The number of benzene rings is 1. The minimum absolute atomic E-state index is 0.469. The summed E-state index contributed by atoms with van der Waals surface area (Å²) in [5.41, 5.74) is 3.37. The van der Waals surface area contributed by atoms with Gasteiger partial charge in [0.1, 0.15) is 0 Å². The predicted molar refractivity (Wildman–Crippen MR) is 87.1 cm³/mol. The Morgan fingerprint density at radius 3 is 2.62 bits per heavy atom. The first kappa shape index (κ1) is 14.5. The number of nitrogens with zero attached hydrogens (tertiary/aromatic N) is 2. The smallest absolute Gasteiger partial charge is 0.0890 e. The predicted octanol–water partition coefficient (Wildman–Crippen LogP) is 4.25. The molecule has 112 valence electrons. The molecule has 1 aliphatic carbocycles. The van der Waals surface area contributed by atoms with Crippen molar-refractivity contribution in [1.29, 1.82) is 0 Å². The lowest BCUT2D eigenvalue weighted by Gasteiger charge is -2.31. The summed E-state index contributed by atoms with van der Waals surface area (Å²) >= 11 is 0. The van der Waals surface area contributed by atoms with Gasteiger partial charge in [-0.2, -0.15) is 0 Å². The molecular weight excluding hydrogens is 258 g/mol. The van der Waals surface area contributed by atoms with Crippen molar-refractivity contribution < 1.29 is 0 Å². The quantitative estimate of drug-likeness (QED) is 0.891. The number of hydrogen-bond donors (Lipinski definition) is 1. The number of hydrogen-bond acceptors (Lipinski definition) is 3. The Morgan fingerprint density at radius 1 is 1.10 bits per heavy atom. The van der Waals surface area contributed by atoms with E-state index >= 15 is 0 Å². The molecule has 3 rings (SSSR count). The zero-order valence-electron chi connectivity index (χ0n) is 12.9. The first-order chi connectivity index (χ1) is 10.4. The van der Waals surface area contributed by atoms with Crippen LogP contribution in [0.2, 0.25) is 0 Å². The molecule has 3 nitrogen and oxygen atoms in total. The molecule has 1 atom stereocenters. The summed E-state index contributed by atoms with van der Waals surface area (Å²) in [5, 5.41) is 3.77. The first-order valence-corrected chi connectivity index (χ1v) is 8.32. The lowest BCUT2D eigenvalue weighted by molar-refractivity contribution is 0.272. The molecule has 3 heteroatoms. The van der Waals surface area contributed by atoms with Crippen molar-refractivity contribution >= 4 is 11.0 Å². The topological polar surface area (TPSA) is 37.8 Å². The van der Waals surface area contributed by atoms with E-state index in [1.807, 2.05) is 0 Å². The number of nitrogens with one attached hydrogen (secondary N) is 1. The second kappa shape index (κ2) is 6.99. The summed E-state index contributed by atoms with van der Waals surface area (Å²) in [4.78, 5) is 8.83. The van der Waals surface area contributed by atoms with Crippen molar-refractivity contribution in [3.05, 3.63) is 36.2 Å². The second-order valence-electron chi connectivity index (χ2n) is 6.13. The van der Waals surface area contributed by atoms with Crippen molar-refractivity contribution in [3.8, 4) is 0 Å². The van der Waals surface area contributed by atoms with E-state index in [4.69, 9.17) is 0 Å². The van der Waals surface area contributed by atoms with Crippen LogP contribution < -0.4 is 5.32 Å². The maximum atomic E-state index is 4.46. The summed E-state index contributed by atoms with van der Waals surface area (Å²) in [6.45, 7) is 3.32. The monoisotopic (exact) mass is 283 g/mol. The Morgan fingerprint density at radius 2 is 1.86 bits per heavy atom. The maximum Gasteiger partial charge on any atom is 0.0890 e. The van der Waals surface area contributed by atoms with Gasteiger partial charge < -0.3 is 5.32 Å². The summed E-state index contributed by atoms with van der Waals surface area (Å²) < 4.78 is 0. The van der Waals surface area contributed by atoms with Gasteiger partial charge in [-0.15, -0.1) is 0 Å². The molecule has 0 spiro atoms. The minimum atomic E-state index is 0.469. The highest BCUT2D eigenvalue weighted by atomic mass is 14.9. The molecule has 2 aromatic rings. The fraction of sp³-hybridized carbons (Fsp3) is 0.556. The minimum Gasteiger partial charge on any atom is -0.310 e. The number of aromatic nitrogens is 2. The van der Waals surface area contributed by atoms with E-state index < -0.39 is 0 Å². The molecule has 0 radical (unpaired) electrons. The van der Waals surface area contributed by atoms with Crippen LogP contribution in [0.15, 0.2) is 30.6 Å². The summed E-state index contributed by atoms with van der Waals surface area (Å²) in [6.07, 6.45) is 11.6. The third-order valence-corrected chi connectivity index (χ3v) is 4.59. The van der Waals surface area contributed by atoms with Gasteiger partial charge in [-0.1, -0.05) is 32.3 Å². The van der Waals surface area contributed by atoms with Gasteiger partial charge in [-0.3, -0.25) is 9.97 Å². The van der Waals surface area contributed by atoms with E-state index in [2.05, 4.69) is 40.4 Å². The molecule has 1 aromatic heterocycles. The van der Waals surface area contributed by atoms with Gasteiger partial charge in [0.25, 0.3) is 0 Å². The fourth-order valence-electron chi connectivity index (χ4n) is 3.50. The Kier molecular flexibility index (Phi) is 4.81. The Balaban J connectivity index is 1.88. The molecule has 1 fully saturated rings. The largest absolute Gasteiger partial charge is 0.310 e. The highest BCUT2D eigenvalue weighted by molar-refractivity contribution is 5.74. The zero-order chi connectivity index (χ0) is 14.5. The molecule has 21 heavy (non-hydrogen) atoms. The Labute approximate surface area is 127 Å². The number of fused-ring (bicyclic) bond motifs is 1. The van der Waals surface area contributed by atoms with E-state index in [1.54, 1.807) is 12.4 Å². The number of rotatable bonds is 5. The fourth-order valence-corrected chi connectivity index (χ4v) is 3.50. The van der Waals surface area contributed by atoms with Crippen LogP contribution in [0.5, 0.6) is 0 Å². The average Bonchev–Trinajstić information content (AvgIpc) is 2.56. The SMILES string of the molecule is CCCNC(c1ccc2nccnc2c1)C1CCCCC1. The Bertz CT molecular complexity index is 575. The van der Waals surface area contributed by atoms with Crippen LogP contribution in [0.4, 0.5) is 0 Å². The highest BCUT2D eigenvalue weighted by Crippen LogP contribution is 2.35. The van der Waals surface area contributed by atoms with Gasteiger partial charge in [-0.25, -0.2) is 0 Å². The van der Waals surface area contributed by atoms with Gasteiger partial charge in [0.2, 0.25) is 0 Å². The molecule has 1 unspecified atom stereocenters. The van der Waals surface area contributed by atoms with E-state index in [9.17, 15) is 0 Å². The van der Waals surface area contributed by atoms with Crippen molar-refractivity contribution in [2.75, 3.05) is 6.54 Å². The molecule has 1 saturated carbocycles. The maximum absolute atomic E-state index is 4.46. The van der Waals surface area contributed by atoms with Crippen LogP contribution in [0.3, 0.4) is 0 Å². The average molecular weight is 283 g/mol. The molecule has 1 heterocycles. The van der Waals surface area contributed by atoms with Crippen LogP contribution in [0.25, 0.3) is 11.0 Å². The third-order valence-electron chi connectivity index (χ3n) is 4.59. The summed E-state index contributed by atoms with van der Waals surface area (Å²) in [7, 11) is 0. The molecule has 0 bridgehead atoms. The van der Waals surface area contributed by atoms with Gasteiger partial charge >= 0.3 is 0 Å². The van der Waals surface area contributed by atoms with E-state index in [-0.39, 0.29) is 0 Å². The first-order valence-electron chi connectivity index (χ1n) is 8.32. The standard InChI is InChI=1S/C18H25N3/c1-2-10-21-18(14-6-4-3-5-7-14)15-8-9-16-17(13-15)20-12-11-19-16/h8-9,11-14,18,21H,2-7,10H2,1H3. The van der Waals surface area contributed by atoms with Crippen molar-refractivity contribution in [3.63, 3.8) is 0 Å². The molecule has 0 amide bonds. The zero-order valence-corrected chi connectivity index (χ0v) is 12.9. The lowest BCUT2D eigenvalue weighted by Crippen LogP contribution is -2.30. The summed E-state index contributed by atoms with van der Waals surface area (Å²) in [5.74, 6) is 0.763. The molecule has 0 aliphatic heterocycles. The summed E-state index contributed by atoms with van der Waals surface area (Å²) in [6, 6.07) is 7.04. The normalized spacial score (nSPS) is 18.0. The molecule has 1 aromatic carbocycles. The van der Waals surface area contributed by atoms with Gasteiger partial charge in [-0.05, 0) is 49.4 Å². The van der Waals surface area contributed by atoms with E-state index in [1.165, 1.54) is 44.1 Å². The van der Waals surface area contributed by atoms with Gasteiger partial charge in [0.15, 0.2) is 0 Å². The molecular formula is C18H25N3. The van der Waals surface area contributed by atoms with Crippen LogP contribution in [0, 0.1) is 5.92 Å². The van der Waals surface area contributed by atoms with Crippen molar-refractivity contribution in [2.45, 2.75) is 51.5 Å². The van der Waals surface area contributed by atoms with Crippen molar-refractivity contribution in [1.82, 2.24) is 15.3 Å². The van der Waals surface area contributed by atoms with Crippen LogP contribution in [0.1, 0.15) is 57.1 Å². The van der Waals surface area contributed by atoms with Crippen LogP contribution >= 0.6 is 0 Å². The lowest BCUT2D eigenvalue weighted by atomic mass is 9.81. The van der Waals surface area contributed by atoms with E-state index in [0.717, 1.165) is 23.5 Å². The van der Waals surface area contributed by atoms with Gasteiger partial charge in [0, 0.05) is 18.4 Å². The van der Waals surface area contributed by atoms with E-state index in [0.29, 0.717) is 6.04 Å². The molecule has 1 N–H and O–H groups in total. The van der Waals surface area contributed by atoms with Gasteiger partial charge in [0.05, 0.1) is 11.0 Å². The highest BCUT2D eigenvalue weighted by Gasteiger charge is 2.24. The Hall–Kier alpha value is -1.48. The second-order valence-corrected chi connectivity index (χ2v) is 6.13. The third kappa shape index (κ3) is 3.41. The van der Waals surface area contributed by atoms with Crippen LogP contribution in [-0.2, 0) is 0 Å². The molecule has 1 aliphatic rings. The van der Waals surface area contributed by atoms with Crippen molar-refractivity contribution in [2.24, 2.45) is 5.92 Å². The molecule has 0 saturated heterocycles.